The van der Waals surface area contributed by atoms with E-state index in [0.717, 1.165) is 11.1 Å². The number of amides is 1. The zero-order chi connectivity index (χ0) is 20.4. The molecule has 3 aromatic carbocycles. The normalized spacial score (nSPS) is 14.0. The molecule has 5 nitrogen and oxygen atoms in total. The first kappa shape index (κ1) is 18.5. The van der Waals surface area contributed by atoms with Crippen molar-refractivity contribution in [1.29, 1.82) is 0 Å². The number of hydrazone groups is 1. The third-order valence-corrected chi connectivity index (χ3v) is 4.99. The van der Waals surface area contributed by atoms with Gasteiger partial charge in [-0.15, -0.1) is 0 Å². The van der Waals surface area contributed by atoms with E-state index >= 15 is 0 Å². The molecule has 5 heteroatoms. The third kappa shape index (κ3) is 3.50. The number of benzene rings is 3. The van der Waals surface area contributed by atoms with E-state index in [0.29, 0.717) is 16.7 Å². The minimum Gasteiger partial charge on any atom is -0.293 e. The first-order valence-corrected chi connectivity index (χ1v) is 9.24. The molecule has 0 unspecified atom stereocenters. The van der Waals surface area contributed by atoms with E-state index in [9.17, 15) is 14.4 Å². The summed E-state index contributed by atoms with van der Waals surface area (Å²) in [6.07, 6.45) is 0. The van der Waals surface area contributed by atoms with Crippen LogP contribution in [0.1, 0.15) is 38.0 Å². The second-order valence-corrected chi connectivity index (χ2v) is 6.84. The van der Waals surface area contributed by atoms with Crippen molar-refractivity contribution in [2.75, 3.05) is 0 Å². The maximum absolute atomic E-state index is 12.5. The summed E-state index contributed by atoms with van der Waals surface area (Å²) in [4.78, 5) is 37.4. The van der Waals surface area contributed by atoms with Gasteiger partial charge in [-0.05, 0) is 30.2 Å². The molecule has 0 atom stereocenters. The highest BCUT2D eigenvalue weighted by Crippen LogP contribution is 2.27. The number of fused-ring (bicyclic) bond motifs is 1. The highest BCUT2D eigenvalue weighted by Gasteiger charge is 2.40. The molecule has 3 aromatic rings. The summed E-state index contributed by atoms with van der Waals surface area (Å²) in [5.41, 5.74) is 6.02. The summed E-state index contributed by atoms with van der Waals surface area (Å²) in [5, 5.41) is 4.02. The van der Waals surface area contributed by atoms with E-state index in [1.807, 2.05) is 42.5 Å². The topological polar surface area (TPSA) is 75.6 Å². The Morgan fingerprint density at radius 2 is 1.28 bits per heavy atom. The molecule has 1 N–H and O–H groups in total. The average molecular weight is 382 g/mol. The summed E-state index contributed by atoms with van der Waals surface area (Å²) in [6, 6.07) is 23.7. The Morgan fingerprint density at radius 3 is 1.86 bits per heavy atom. The van der Waals surface area contributed by atoms with Crippen LogP contribution in [-0.4, -0.2) is 23.2 Å². The lowest BCUT2D eigenvalue weighted by Crippen LogP contribution is -2.27. The summed E-state index contributed by atoms with van der Waals surface area (Å²) in [6.45, 7) is 1.57. The van der Waals surface area contributed by atoms with E-state index in [1.165, 1.54) is 0 Å². The van der Waals surface area contributed by atoms with Crippen LogP contribution in [0.5, 0.6) is 0 Å². The van der Waals surface area contributed by atoms with Crippen LogP contribution < -0.4 is 5.43 Å². The highest BCUT2D eigenvalue weighted by atomic mass is 16.2. The zero-order valence-corrected chi connectivity index (χ0v) is 15.8. The van der Waals surface area contributed by atoms with E-state index in [4.69, 9.17) is 0 Å². The monoisotopic (exact) mass is 382 g/mol. The van der Waals surface area contributed by atoms with E-state index in [1.54, 1.807) is 43.3 Å². The molecule has 0 spiro atoms. The Balaban J connectivity index is 1.47. The SMILES string of the molecule is CC(=NNC(=O)c1ccc(-c2ccccc2)cc1)C1C(=O)c2ccccc2C1=O. The van der Waals surface area contributed by atoms with Gasteiger partial charge in [0.25, 0.3) is 5.91 Å². The smallest absolute Gasteiger partial charge is 0.271 e. The van der Waals surface area contributed by atoms with Crippen LogP contribution in [0, 0.1) is 5.92 Å². The number of carbonyl (C=O) groups is 3. The molecule has 0 heterocycles. The van der Waals surface area contributed by atoms with Crippen molar-refractivity contribution < 1.29 is 14.4 Å². The van der Waals surface area contributed by atoms with Gasteiger partial charge in [0.1, 0.15) is 5.92 Å². The van der Waals surface area contributed by atoms with Crippen LogP contribution in [0.3, 0.4) is 0 Å². The lowest BCUT2D eigenvalue weighted by molar-refractivity contribution is 0.0877. The lowest BCUT2D eigenvalue weighted by atomic mass is 9.99. The Bertz CT molecular complexity index is 1100. The van der Waals surface area contributed by atoms with Gasteiger partial charge in [0.05, 0.1) is 5.71 Å². The van der Waals surface area contributed by atoms with Gasteiger partial charge in [0.2, 0.25) is 0 Å². The van der Waals surface area contributed by atoms with Gasteiger partial charge in [-0.1, -0.05) is 66.7 Å². The molecule has 29 heavy (non-hydrogen) atoms. The number of hydrogen-bond donors (Lipinski definition) is 1. The molecule has 0 aliphatic heterocycles. The fourth-order valence-electron chi connectivity index (χ4n) is 3.44. The van der Waals surface area contributed by atoms with Gasteiger partial charge in [-0.2, -0.15) is 5.10 Å². The highest BCUT2D eigenvalue weighted by molar-refractivity contribution is 6.36. The van der Waals surface area contributed by atoms with Crippen molar-refractivity contribution in [2.24, 2.45) is 11.0 Å². The van der Waals surface area contributed by atoms with E-state index in [2.05, 4.69) is 10.5 Å². The zero-order valence-electron chi connectivity index (χ0n) is 15.8. The average Bonchev–Trinajstić information content (AvgIpc) is 3.03. The maximum Gasteiger partial charge on any atom is 0.271 e. The molecule has 0 bridgehead atoms. The number of nitrogens with one attached hydrogen (secondary N) is 1. The predicted molar refractivity (Wildman–Crippen MR) is 111 cm³/mol. The van der Waals surface area contributed by atoms with Crippen molar-refractivity contribution in [2.45, 2.75) is 6.92 Å². The molecule has 0 fully saturated rings. The fraction of sp³-hybridized carbons (Fsp3) is 0.0833. The van der Waals surface area contributed by atoms with Crippen molar-refractivity contribution >= 4 is 23.2 Å². The van der Waals surface area contributed by atoms with E-state index < -0.39 is 11.8 Å². The number of hydrogen-bond acceptors (Lipinski definition) is 4. The minimum absolute atomic E-state index is 0.269. The molecule has 1 amide bonds. The quantitative estimate of drug-likeness (QED) is 0.418. The number of nitrogens with zero attached hydrogens (tertiary/aromatic N) is 1. The van der Waals surface area contributed by atoms with Crippen LogP contribution in [0.4, 0.5) is 0 Å². The molecule has 142 valence electrons. The molecule has 0 saturated heterocycles. The molecule has 0 radical (unpaired) electrons. The van der Waals surface area contributed by atoms with Crippen LogP contribution in [0.15, 0.2) is 84.0 Å². The summed E-state index contributed by atoms with van der Waals surface area (Å²) >= 11 is 0. The maximum atomic E-state index is 12.5. The van der Waals surface area contributed by atoms with Gasteiger partial charge in [0, 0.05) is 16.7 Å². The molecular weight excluding hydrogens is 364 g/mol. The number of carbonyl (C=O) groups excluding carboxylic acids is 3. The van der Waals surface area contributed by atoms with Crippen LogP contribution in [0.25, 0.3) is 11.1 Å². The Morgan fingerprint density at radius 1 is 0.759 bits per heavy atom. The Kier molecular flexibility index (Phi) is 4.87. The van der Waals surface area contributed by atoms with Crippen molar-refractivity contribution in [3.63, 3.8) is 0 Å². The van der Waals surface area contributed by atoms with Gasteiger partial charge in [-0.3, -0.25) is 14.4 Å². The predicted octanol–water partition coefficient (Wildman–Crippen LogP) is 4.15. The Hall–Kier alpha value is -3.86. The largest absolute Gasteiger partial charge is 0.293 e. The molecule has 0 saturated carbocycles. The van der Waals surface area contributed by atoms with Gasteiger partial charge >= 0.3 is 0 Å². The van der Waals surface area contributed by atoms with Crippen molar-refractivity contribution in [3.05, 3.63) is 95.6 Å². The molecular formula is C24H18N2O3. The van der Waals surface area contributed by atoms with Gasteiger partial charge < -0.3 is 0 Å². The first-order valence-electron chi connectivity index (χ1n) is 9.24. The Labute approximate surface area is 168 Å². The van der Waals surface area contributed by atoms with Crippen LogP contribution in [-0.2, 0) is 0 Å². The number of ketones is 2. The third-order valence-electron chi connectivity index (χ3n) is 4.99. The second kappa shape index (κ2) is 7.64. The molecule has 0 aromatic heterocycles. The molecule has 1 aliphatic carbocycles. The lowest BCUT2D eigenvalue weighted by Gasteiger charge is -2.08. The van der Waals surface area contributed by atoms with Crippen molar-refractivity contribution in [1.82, 2.24) is 5.43 Å². The van der Waals surface area contributed by atoms with Crippen molar-refractivity contribution in [3.8, 4) is 11.1 Å². The van der Waals surface area contributed by atoms with Crippen LogP contribution in [0.2, 0.25) is 0 Å². The standard InChI is InChI=1S/C24H18N2O3/c1-15(21-22(27)19-9-5-6-10-20(19)23(21)28)25-26-24(29)18-13-11-17(12-14-18)16-7-3-2-4-8-16/h2-14,21H,1H3,(H,26,29). The minimum atomic E-state index is -0.979. The van der Waals surface area contributed by atoms with Crippen LogP contribution >= 0.6 is 0 Å². The van der Waals surface area contributed by atoms with Gasteiger partial charge in [-0.25, -0.2) is 5.43 Å². The number of rotatable bonds is 4. The second-order valence-electron chi connectivity index (χ2n) is 6.84. The number of Topliss-reactive ketones (excluding diaryl/α,β-unsaturated/α-hetero) is 2. The molecule has 1 aliphatic rings. The molecule has 4 rings (SSSR count). The first-order chi connectivity index (χ1) is 14.1. The fourth-order valence-corrected chi connectivity index (χ4v) is 3.44. The van der Waals surface area contributed by atoms with E-state index in [-0.39, 0.29) is 17.3 Å². The summed E-state index contributed by atoms with van der Waals surface area (Å²) in [7, 11) is 0. The summed E-state index contributed by atoms with van der Waals surface area (Å²) in [5.74, 6) is -1.95. The van der Waals surface area contributed by atoms with Gasteiger partial charge in [0.15, 0.2) is 11.6 Å². The summed E-state index contributed by atoms with van der Waals surface area (Å²) < 4.78 is 0.